The van der Waals surface area contributed by atoms with Crippen LogP contribution in [-0.2, 0) is 0 Å². The molecule has 2 aromatic carbocycles. The van der Waals surface area contributed by atoms with Crippen molar-refractivity contribution in [2.45, 2.75) is 13.8 Å². The first-order chi connectivity index (χ1) is 12.5. The van der Waals surface area contributed by atoms with Gasteiger partial charge in [-0.25, -0.2) is 9.97 Å². The molecule has 132 valence electrons. The maximum absolute atomic E-state index is 11.6. The molecule has 1 aromatic heterocycles. The molecule has 1 heterocycles. The second kappa shape index (κ2) is 7.47. The molecule has 0 amide bonds. The van der Waals surface area contributed by atoms with Gasteiger partial charge < -0.3 is 5.32 Å². The first-order valence-corrected chi connectivity index (χ1v) is 7.95. The van der Waals surface area contributed by atoms with Crippen molar-refractivity contribution in [3.8, 4) is 0 Å². The van der Waals surface area contributed by atoms with Gasteiger partial charge in [-0.15, -0.1) is 0 Å². The molecule has 0 aliphatic carbocycles. The summed E-state index contributed by atoms with van der Waals surface area (Å²) in [4.78, 5) is 19.1. The molecule has 0 bridgehead atoms. The predicted molar refractivity (Wildman–Crippen MR) is 102 cm³/mol. The van der Waals surface area contributed by atoms with Crippen LogP contribution in [0.25, 0.3) is 0 Å². The second-order valence-corrected chi connectivity index (χ2v) is 5.72. The van der Waals surface area contributed by atoms with Crippen molar-refractivity contribution in [2.75, 3.05) is 16.2 Å². The lowest BCUT2D eigenvalue weighted by atomic mass is 10.1. The summed E-state index contributed by atoms with van der Waals surface area (Å²) in [7, 11) is 0. The maximum Gasteiger partial charge on any atom is 0.355 e. The minimum absolute atomic E-state index is 0.0696. The van der Waals surface area contributed by atoms with E-state index in [1.54, 1.807) is 0 Å². The minimum Gasteiger partial charge on any atom is -0.334 e. The number of hydrazine groups is 1. The van der Waals surface area contributed by atoms with E-state index in [9.17, 15) is 10.1 Å². The summed E-state index contributed by atoms with van der Waals surface area (Å²) in [6.07, 6.45) is 1.27. The number of nitrogens with zero attached hydrogens (tertiary/aromatic N) is 3. The van der Waals surface area contributed by atoms with E-state index < -0.39 is 4.92 Å². The van der Waals surface area contributed by atoms with E-state index in [-0.39, 0.29) is 17.3 Å². The minimum atomic E-state index is -0.515. The molecule has 0 atom stereocenters. The Morgan fingerprint density at radius 1 is 0.885 bits per heavy atom. The van der Waals surface area contributed by atoms with Gasteiger partial charge in [0.2, 0.25) is 11.6 Å². The van der Waals surface area contributed by atoms with Crippen LogP contribution in [0.1, 0.15) is 11.1 Å². The topological polar surface area (TPSA) is 105 Å². The van der Waals surface area contributed by atoms with E-state index in [0.717, 1.165) is 22.5 Å². The molecule has 3 N–H and O–H groups in total. The number of nitro groups is 1. The van der Waals surface area contributed by atoms with E-state index in [4.69, 9.17) is 0 Å². The first kappa shape index (κ1) is 17.2. The van der Waals surface area contributed by atoms with Crippen LogP contribution in [0.2, 0.25) is 0 Å². The SMILES string of the molecule is Cc1ccc(Nc2ncnc(NNc3ccccc3)c2[N+](=O)[O-])cc1C. The number of aromatic nitrogens is 2. The number of hydrogen-bond donors (Lipinski definition) is 3. The molecule has 26 heavy (non-hydrogen) atoms. The Morgan fingerprint density at radius 2 is 1.62 bits per heavy atom. The fourth-order valence-corrected chi connectivity index (χ4v) is 2.34. The fourth-order valence-electron chi connectivity index (χ4n) is 2.34. The van der Waals surface area contributed by atoms with Crippen LogP contribution in [0.5, 0.6) is 0 Å². The summed E-state index contributed by atoms with van der Waals surface area (Å²) in [5, 5.41) is 14.6. The third-order valence-corrected chi connectivity index (χ3v) is 3.87. The van der Waals surface area contributed by atoms with E-state index in [1.807, 2.05) is 62.4 Å². The summed E-state index contributed by atoms with van der Waals surface area (Å²) in [5.41, 5.74) is 9.12. The van der Waals surface area contributed by atoms with Crippen molar-refractivity contribution in [1.29, 1.82) is 0 Å². The lowest BCUT2D eigenvalue weighted by Gasteiger charge is -2.12. The van der Waals surface area contributed by atoms with E-state index in [0.29, 0.717) is 0 Å². The third kappa shape index (κ3) is 3.86. The number of benzene rings is 2. The van der Waals surface area contributed by atoms with Crippen molar-refractivity contribution in [3.05, 3.63) is 76.1 Å². The van der Waals surface area contributed by atoms with Gasteiger partial charge in [0.1, 0.15) is 6.33 Å². The van der Waals surface area contributed by atoms with Gasteiger partial charge in [-0.1, -0.05) is 24.3 Å². The zero-order valence-corrected chi connectivity index (χ0v) is 14.4. The largest absolute Gasteiger partial charge is 0.355 e. The lowest BCUT2D eigenvalue weighted by molar-refractivity contribution is -0.383. The van der Waals surface area contributed by atoms with E-state index >= 15 is 0 Å². The zero-order chi connectivity index (χ0) is 18.5. The summed E-state index contributed by atoms with van der Waals surface area (Å²) < 4.78 is 0. The van der Waals surface area contributed by atoms with Gasteiger partial charge in [0.05, 0.1) is 10.6 Å². The molecule has 3 aromatic rings. The molecule has 0 saturated heterocycles. The molecule has 8 heteroatoms. The van der Waals surface area contributed by atoms with Crippen molar-refractivity contribution in [1.82, 2.24) is 9.97 Å². The van der Waals surface area contributed by atoms with Gasteiger partial charge in [-0.2, -0.15) is 0 Å². The molecule has 0 unspecified atom stereocenters. The monoisotopic (exact) mass is 350 g/mol. The quantitative estimate of drug-likeness (QED) is 0.452. The Morgan fingerprint density at radius 3 is 2.31 bits per heavy atom. The molecule has 0 aliphatic rings. The van der Waals surface area contributed by atoms with Gasteiger partial charge in [-0.3, -0.25) is 21.0 Å². The highest BCUT2D eigenvalue weighted by molar-refractivity contribution is 5.74. The van der Waals surface area contributed by atoms with Crippen LogP contribution in [-0.4, -0.2) is 14.9 Å². The van der Waals surface area contributed by atoms with Gasteiger partial charge >= 0.3 is 5.69 Å². The van der Waals surface area contributed by atoms with Gasteiger partial charge in [0, 0.05) is 5.69 Å². The maximum atomic E-state index is 11.6. The Balaban J connectivity index is 1.88. The number of para-hydroxylation sites is 1. The van der Waals surface area contributed by atoms with Gasteiger partial charge in [0.25, 0.3) is 0 Å². The van der Waals surface area contributed by atoms with Crippen LogP contribution in [0.15, 0.2) is 54.9 Å². The molecular formula is C18H18N6O2. The molecule has 0 saturated carbocycles. The Bertz CT molecular complexity index is 930. The number of anilines is 4. The Labute approximate surface area is 150 Å². The second-order valence-electron chi connectivity index (χ2n) is 5.72. The van der Waals surface area contributed by atoms with Crippen molar-refractivity contribution in [2.24, 2.45) is 0 Å². The van der Waals surface area contributed by atoms with Crippen LogP contribution in [0.4, 0.5) is 28.7 Å². The summed E-state index contributed by atoms with van der Waals surface area (Å²) in [6, 6.07) is 14.9. The van der Waals surface area contributed by atoms with Crippen LogP contribution in [0.3, 0.4) is 0 Å². The van der Waals surface area contributed by atoms with Crippen LogP contribution >= 0.6 is 0 Å². The lowest BCUT2D eigenvalue weighted by Crippen LogP contribution is -2.13. The molecule has 0 spiro atoms. The standard InChI is InChI=1S/C18H18N6O2/c1-12-8-9-15(10-13(12)2)21-17-16(24(25)26)18(20-11-19-17)23-22-14-6-4-3-5-7-14/h3-11,22H,1-2H3,(H2,19,20,21,23). The molecule has 0 radical (unpaired) electrons. The molecule has 0 fully saturated rings. The van der Waals surface area contributed by atoms with E-state index in [1.165, 1.54) is 6.33 Å². The van der Waals surface area contributed by atoms with Crippen molar-refractivity contribution < 1.29 is 4.92 Å². The highest BCUT2D eigenvalue weighted by Crippen LogP contribution is 2.31. The van der Waals surface area contributed by atoms with Gasteiger partial charge in [-0.05, 0) is 49.2 Å². The number of aryl methyl sites for hydroxylation is 2. The fraction of sp³-hybridized carbons (Fsp3) is 0.111. The predicted octanol–water partition coefficient (Wildman–Crippen LogP) is 4.18. The first-order valence-electron chi connectivity index (χ1n) is 7.95. The summed E-state index contributed by atoms with van der Waals surface area (Å²) >= 11 is 0. The number of nitrogens with one attached hydrogen (secondary N) is 3. The number of rotatable bonds is 6. The highest BCUT2D eigenvalue weighted by Gasteiger charge is 2.23. The Kier molecular flexibility index (Phi) is 4.93. The van der Waals surface area contributed by atoms with Crippen molar-refractivity contribution >= 4 is 28.7 Å². The zero-order valence-electron chi connectivity index (χ0n) is 14.4. The highest BCUT2D eigenvalue weighted by atomic mass is 16.6. The van der Waals surface area contributed by atoms with Crippen molar-refractivity contribution in [3.63, 3.8) is 0 Å². The summed E-state index contributed by atoms with van der Waals surface area (Å²) in [5.74, 6) is 0.186. The van der Waals surface area contributed by atoms with Crippen LogP contribution < -0.4 is 16.2 Å². The molecule has 0 aliphatic heterocycles. The molecule has 8 nitrogen and oxygen atoms in total. The smallest absolute Gasteiger partial charge is 0.334 e. The third-order valence-electron chi connectivity index (χ3n) is 3.87. The van der Waals surface area contributed by atoms with E-state index in [2.05, 4.69) is 26.1 Å². The molecule has 3 rings (SSSR count). The Hall–Kier alpha value is -3.68. The summed E-state index contributed by atoms with van der Waals surface area (Å²) in [6.45, 7) is 3.98. The average Bonchev–Trinajstić information content (AvgIpc) is 2.64. The van der Waals surface area contributed by atoms with Gasteiger partial charge in [0.15, 0.2) is 0 Å². The van der Waals surface area contributed by atoms with Crippen LogP contribution in [0, 0.1) is 24.0 Å². The molecular weight excluding hydrogens is 332 g/mol. The normalized spacial score (nSPS) is 10.2. The average molecular weight is 350 g/mol. The number of hydrogen-bond acceptors (Lipinski definition) is 7.